The minimum atomic E-state index is 0.569. The van der Waals surface area contributed by atoms with E-state index in [1.807, 2.05) is 35.7 Å². The third-order valence-electron chi connectivity index (χ3n) is 3.18. The Morgan fingerprint density at radius 1 is 1.21 bits per heavy atom. The molecule has 24 heavy (non-hydrogen) atoms. The Bertz CT molecular complexity index is 880. The minimum absolute atomic E-state index is 0.569. The van der Waals surface area contributed by atoms with E-state index >= 15 is 0 Å². The lowest BCUT2D eigenvalue weighted by molar-refractivity contribution is 0.415. The van der Waals surface area contributed by atoms with Crippen LogP contribution in [0.4, 0.5) is 5.13 Å². The summed E-state index contributed by atoms with van der Waals surface area (Å²) >= 11 is 13.6. The minimum Gasteiger partial charge on any atom is -0.497 e. The molecule has 2 aromatic carbocycles. The molecule has 1 aromatic heterocycles. The molecule has 0 spiro atoms. The molecule has 3 aromatic rings. The van der Waals surface area contributed by atoms with Gasteiger partial charge in [-0.15, -0.1) is 11.3 Å². The summed E-state index contributed by atoms with van der Waals surface area (Å²) < 4.78 is 5.18. The monoisotopic (exact) mass is 377 g/mol. The number of thiazole rings is 1. The van der Waals surface area contributed by atoms with Gasteiger partial charge in [0.1, 0.15) is 5.75 Å². The van der Waals surface area contributed by atoms with Crippen LogP contribution in [0.15, 0.2) is 52.9 Å². The van der Waals surface area contributed by atoms with Gasteiger partial charge in [-0.2, -0.15) is 5.10 Å². The number of halogens is 2. The Hall–Kier alpha value is -2.08. The second-order valence-corrected chi connectivity index (χ2v) is 6.51. The van der Waals surface area contributed by atoms with Crippen molar-refractivity contribution < 1.29 is 4.74 Å². The summed E-state index contributed by atoms with van der Waals surface area (Å²) in [4.78, 5) is 4.48. The second kappa shape index (κ2) is 7.66. The van der Waals surface area contributed by atoms with Gasteiger partial charge in [0.2, 0.25) is 5.13 Å². The van der Waals surface area contributed by atoms with Crippen molar-refractivity contribution in [3.05, 3.63) is 63.5 Å². The molecule has 0 aliphatic heterocycles. The zero-order valence-electron chi connectivity index (χ0n) is 12.7. The van der Waals surface area contributed by atoms with Crippen LogP contribution in [0.1, 0.15) is 5.56 Å². The molecule has 122 valence electrons. The molecule has 0 bridgehead atoms. The summed E-state index contributed by atoms with van der Waals surface area (Å²) in [7, 11) is 1.63. The SMILES string of the molecule is COc1cccc(C=NNc2nc(-c3ccc(Cl)cc3Cl)cs2)c1. The highest BCUT2D eigenvalue weighted by atomic mass is 35.5. The zero-order valence-corrected chi connectivity index (χ0v) is 15.0. The van der Waals surface area contributed by atoms with Crippen molar-refractivity contribution in [3.8, 4) is 17.0 Å². The lowest BCUT2D eigenvalue weighted by Gasteiger charge is -2.01. The van der Waals surface area contributed by atoms with Crippen molar-refractivity contribution in [1.82, 2.24) is 4.98 Å². The summed E-state index contributed by atoms with van der Waals surface area (Å²) in [5.74, 6) is 0.785. The molecule has 1 heterocycles. The second-order valence-electron chi connectivity index (χ2n) is 4.81. The van der Waals surface area contributed by atoms with E-state index in [0.717, 1.165) is 22.6 Å². The molecule has 0 amide bonds. The lowest BCUT2D eigenvalue weighted by Crippen LogP contribution is -1.91. The van der Waals surface area contributed by atoms with Crippen molar-refractivity contribution in [2.24, 2.45) is 5.10 Å². The molecule has 0 aliphatic carbocycles. The molecule has 3 rings (SSSR count). The molecule has 0 aliphatic rings. The molecular weight excluding hydrogens is 365 g/mol. The zero-order chi connectivity index (χ0) is 16.9. The molecule has 0 fully saturated rings. The maximum atomic E-state index is 6.20. The quantitative estimate of drug-likeness (QED) is 0.466. The van der Waals surface area contributed by atoms with Gasteiger partial charge in [0.25, 0.3) is 0 Å². The molecule has 0 saturated heterocycles. The summed E-state index contributed by atoms with van der Waals surface area (Å²) in [5, 5.41) is 7.95. The van der Waals surface area contributed by atoms with Crippen molar-refractivity contribution in [1.29, 1.82) is 0 Å². The van der Waals surface area contributed by atoms with Gasteiger partial charge in [-0.1, -0.05) is 35.3 Å². The first-order valence-electron chi connectivity index (χ1n) is 7.00. The maximum absolute atomic E-state index is 6.20. The average Bonchev–Trinajstić information content (AvgIpc) is 3.03. The third kappa shape index (κ3) is 4.06. The predicted octanol–water partition coefficient (Wildman–Crippen LogP) is 5.57. The van der Waals surface area contributed by atoms with Crippen LogP contribution in [0.3, 0.4) is 0 Å². The van der Waals surface area contributed by atoms with E-state index in [0.29, 0.717) is 15.2 Å². The van der Waals surface area contributed by atoms with Gasteiger partial charge in [-0.3, -0.25) is 5.43 Å². The van der Waals surface area contributed by atoms with Crippen LogP contribution in [0, 0.1) is 0 Å². The molecule has 0 radical (unpaired) electrons. The van der Waals surface area contributed by atoms with Gasteiger partial charge < -0.3 is 4.74 Å². The van der Waals surface area contributed by atoms with Crippen LogP contribution in [-0.2, 0) is 0 Å². The number of nitrogens with zero attached hydrogens (tertiary/aromatic N) is 2. The topological polar surface area (TPSA) is 46.5 Å². The maximum Gasteiger partial charge on any atom is 0.203 e. The number of methoxy groups -OCH3 is 1. The molecule has 0 unspecified atom stereocenters. The molecule has 4 nitrogen and oxygen atoms in total. The predicted molar refractivity (Wildman–Crippen MR) is 102 cm³/mol. The number of ether oxygens (including phenoxy) is 1. The number of anilines is 1. The average molecular weight is 378 g/mol. The third-order valence-corrected chi connectivity index (χ3v) is 4.47. The number of aromatic nitrogens is 1. The van der Waals surface area contributed by atoms with E-state index in [1.54, 1.807) is 25.5 Å². The van der Waals surface area contributed by atoms with Crippen LogP contribution in [0.5, 0.6) is 5.75 Å². The van der Waals surface area contributed by atoms with E-state index in [4.69, 9.17) is 27.9 Å². The number of rotatable bonds is 5. The highest BCUT2D eigenvalue weighted by Crippen LogP contribution is 2.32. The van der Waals surface area contributed by atoms with Crippen LogP contribution in [-0.4, -0.2) is 18.3 Å². The molecular formula is C17H13Cl2N3OS. The molecule has 0 saturated carbocycles. The van der Waals surface area contributed by atoms with Gasteiger partial charge in [-0.05, 0) is 35.9 Å². The van der Waals surface area contributed by atoms with Crippen LogP contribution < -0.4 is 10.2 Å². The summed E-state index contributed by atoms with van der Waals surface area (Å²) in [6.45, 7) is 0. The summed E-state index contributed by atoms with van der Waals surface area (Å²) in [6.07, 6.45) is 1.71. The van der Waals surface area contributed by atoms with E-state index < -0.39 is 0 Å². The lowest BCUT2D eigenvalue weighted by atomic mass is 10.2. The van der Waals surface area contributed by atoms with Crippen molar-refractivity contribution >= 4 is 45.9 Å². The first kappa shape index (κ1) is 16.8. The van der Waals surface area contributed by atoms with Crippen molar-refractivity contribution in [2.45, 2.75) is 0 Å². The van der Waals surface area contributed by atoms with Gasteiger partial charge in [-0.25, -0.2) is 4.98 Å². The van der Waals surface area contributed by atoms with Crippen LogP contribution >= 0.6 is 34.5 Å². The first-order chi connectivity index (χ1) is 11.7. The smallest absolute Gasteiger partial charge is 0.203 e. The van der Waals surface area contributed by atoms with Crippen LogP contribution in [0.2, 0.25) is 10.0 Å². The van der Waals surface area contributed by atoms with Gasteiger partial charge in [0.05, 0.1) is 24.0 Å². The Kier molecular flexibility index (Phi) is 5.35. The summed E-state index contributed by atoms with van der Waals surface area (Å²) in [5.41, 5.74) is 5.46. The fourth-order valence-corrected chi connectivity index (χ4v) is 3.19. The van der Waals surface area contributed by atoms with E-state index in [2.05, 4.69) is 15.5 Å². The Morgan fingerprint density at radius 3 is 2.88 bits per heavy atom. The fraction of sp³-hybridized carbons (Fsp3) is 0.0588. The first-order valence-corrected chi connectivity index (χ1v) is 8.63. The number of nitrogens with one attached hydrogen (secondary N) is 1. The van der Waals surface area contributed by atoms with Gasteiger partial charge >= 0.3 is 0 Å². The number of hydrogen-bond donors (Lipinski definition) is 1. The Morgan fingerprint density at radius 2 is 2.08 bits per heavy atom. The van der Waals surface area contributed by atoms with Crippen molar-refractivity contribution in [2.75, 3.05) is 12.5 Å². The standard InChI is InChI=1S/C17H13Cl2N3OS/c1-23-13-4-2-3-11(7-13)9-20-22-17-21-16(10-24-17)14-6-5-12(18)8-15(14)19/h2-10H,1H3,(H,21,22). The van der Waals surface area contributed by atoms with Gasteiger partial charge in [0, 0.05) is 16.0 Å². The number of hydrogen-bond acceptors (Lipinski definition) is 5. The Balaban J connectivity index is 1.71. The molecule has 7 heteroatoms. The molecule has 0 atom stereocenters. The molecule has 1 N–H and O–H groups in total. The number of hydrazone groups is 1. The normalized spacial score (nSPS) is 11.0. The van der Waals surface area contributed by atoms with Gasteiger partial charge in [0.15, 0.2) is 0 Å². The Labute approximate surface area is 153 Å². The van der Waals surface area contributed by atoms with E-state index in [1.165, 1.54) is 11.3 Å². The fourth-order valence-electron chi connectivity index (χ4n) is 2.03. The highest BCUT2D eigenvalue weighted by molar-refractivity contribution is 7.14. The summed E-state index contributed by atoms with van der Waals surface area (Å²) in [6, 6.07) is 13.0. The van der Waals surface area contributed by atoms with E-state index in [-0.39, 0.29) is 0 Å². The van der Waals surface area contributed by atoms with Crippen molar-refractivity contribution in [3.63, 3.8) is 0 Å². The van der Waals surface area contributed by atoms with Crippen LogP contribution in [0.25, 0.3) is 11.3 Å². The largest absolute Gasteiger partial charge is 0.497 e. The highest BCUT2D eigenvalue weighted by Gasteiger charge is 2.08. The number of benzene rings is 2. The van der Waals surface area contributed by atoms with E-state index in [9.17, 15) is 0 Å².